The van der Waals surface area contributed by atoms with Crippen molar-refractivity contribution in [2.24, 2.45) is 0 Å². The summed E-state index contributed by atoms with van der Waals surface area (Å²) in [7, 11) is 0. The van der Waals surface area contributed by atoms with E-state index in [9.17, 15) is 0 Å². The van der Waals surface area contributed by atoms with Crippen LogP contribution < -0.4 is 5.32 Å². The second-order valence-corrected chi connectivity index (χ2v) is 4.75. The molecule has 0 amide bonds. The summed E-state index contributed by atoms with van der Waals surface area (Å²) in [5.74, 6) is 0. The molecule has 1 heterocycles. The maximum Gasteiger partial charge on any atom is 0.0366 e. The molecule has 0 aliphatic carbocycles. The molecule has 3 rings (SSSR count). The van der Waals surface area contributed by atoms with Crippen molar-refractivity contribution in [3.05, 3.63) is 71.3 Å². The first-order chi connectivity index (χ1) is 8.34. The summed E-state index contributed by atoms with van der Waals surface area (Å²) in [4.78, 5) is 0. The zero-order chi connectivity index (χ0) is 11.7. The Morgan fingerprint density at radius 3 is 2.47 bits per heavy atom. The Morgan fingerprint density at radius 1 is 0.941 bits per heavy atom. The zero-order valence-electron chi connectivity index (χ0n) is 10.1. The number of rotatable bonds is 1. The zero-order valence-corrected chi connectivity index (χ0v) is 10.1. The van der Waals surface area contributed by atoms with Gasteiger partial charge in [0.05, 0.1) is 0 Å². The fraction of sp³-hybridized carbons (Fsp3) is 0.250. The Hall–Kier alpha value is -1.60. The SMILES string of the molecule is C[C@H]1N[C@H](c2ccccc2)Cc2ccccc21. The molecule has 1 N–H and O–H groups in total. The van der Waals surface area contributed by atoms with Crippen molar-refractivity contribution in [3.8, 4) is 0 Å². The maximum absolute atomic E-state index is 3.69. The third-order valence-electron chi connectivity index (χ3n) is 3.60. The monoisotopic (exact) mass is 223 g/mol. The van der Waals surface area contributed by atoms with Crippen LogP contribution in [-0.4, -0.2) is 0 Å². The predicted molar refractivity (Wildman–Crippen MR) is 70.9 cm³/mol. The molecule has 1 heteroatoms. The fourth-order valence-corrected chi connectivity index (χ4v) is 2.71. The largest absolute Gasteiger partial charge is 0.303 e. The van der Waals surface area contributed by atoms with Gasteiger partial charge in [0.2, 0.25) is 0 Å². The van der Waals surface area contributed by atoms with Gasteiger partial charge in [-0.15, -0.1) is 0 Å². The number of hydrogen-bond acceptors (Lipinski definition) is 1. The molecule has 1 aliphatic heterocycles. The van der Waals surface area contributed by atoms with E-state index < -0.39 is 0 Å². The summed E-state index contributed by atoms with van der Waals surface area (Å²) >= 11 is 0. The van der Waals surface area contributed by atoms with Crippen LogP contribution in [0.15, 0.2) is 54.6 Å². The molecule has 0 bridgehead atoms. The van der Waals surface area contributed by atoms with Gasteiger partial charge in [0.25, 0.3) is 0 Å². The van der Waals surface area contributed by atoms with Crippen molar-refractivity contribution in [1.82, 2.24) is 5.32 Å². The van der Waals surface area contributed by atoms with Crippen LogP contribution in [0, 0.1) is 0 Å². The lowest BCUT2D eigenvalue weighted by atomic mass is 9.88. The Bertz CT molecular complexity index is 504. The van der Waals surface area contributed by atoms with Crippen LogP contribution in [0.5, 0.6) is 0 Å². The van der Waals surface area contributed by atoms with E-state index in [-0.39, 0.29) is 0 Å². The van der Waals surface area contributed by atoms with Gasteiger partial charge in [-0.1, -0.05) is 54.6 Å². The van der Waals surface area contributed by atoms with Crippen molar-refractivity contribution in [1.29, 1.82) is 0 Å². The molecule has 0 saturated carbocycles. The van der Waals surface area contributed by atoms with Gasteiger partial charge in [-0.2, -0.15) is 0 Å². The lowest BCUT2D eigenvalue weighted by Crippen LogP contribution is -2.31. The predicted octanol–water partition coefficient (Wildman–Crippen LogP) is 3.63. The highest BCUT2D eigenvalue weighted by atomic mass is 15.0. The molecule has 0 unspecified atom stereocenters. The molecule has 1 aliphatic rings. The molecule has 2 aromatic rings. The van der Waals surface area contributed by atoms with E-state index in [0.717, 1.165) is 6.42 Å². The normalized spacial score (nSPS) is 23.1. The lowest BCUT2D eigenvalue weighted by molar-refractivity contribution is 0.433. The summed E-state index contributed by atoms with van der Waals surface area (Å²) in [6, 6.07) is 20.3. The van der Waals surface area contributed by atoms with E-state index in [1.54, 1.807) is 0 Å². The highest BCUT2D eigenvalue weighted by Gasteiger charge is 2.23. The molecule has 2 aromatic carbocycles. The van der Waals surface area contributed by atoms with Crippen molar-refractivity contribution in [3.63, 3.8) is 0 Å². The fourth-order valence-electron chi connectivity index (χ4n) is 2.71. The van der Waals surface area contributed by atoms with Crippen molar-refractivity contribution >= 4 is 0 Å². The molecule has 0 aromatic heterocycles. The minimum atomic E-state index is 0.435. The van der Waals surface area contributed by atoms with E-state index in [1.807, 2.05) is 0 Å². The molecular formula is C16H17N. The maximum atomic E-state index is 3.69. The highest BCUT2D eigenvalue weighted by molar-refractivity contribution is 5.35. The first kappa shape index (κ1) is 10.5. The van der Waals surface area contributed by atoms with Gasteiger partial charge in [-0.25, -0.2) is 0 Å². The van der Waals surface area contributed by atoms with Gasteiger partial charge in [0.1, 0.15) is 0 Å². The van der Waals surface area contributed by atoms with E-state index in [4.69, 9.17) is 0 Å². The molecule has 86 valence electrons. The second-order valence-electron chi connectivity index (χ2n) is 4.75. The third kappa shape index (κ3) is 1.98. The minimum Gasteiger partial charge on any atom is -0.303 e. The Kier molecular flexibility index (Phi) is 2.69. The quantitative estimate of drug-likeness (QED) is 0.778. The van der Waals surface area contributed by atoms with Crippen LogP contribution in [0.3, 0.4) is 0 Å². The molecule has 1 nitrogen and oxygen atoms in total. The highest BCUT2D eigenvalue weighted by Crippen LogP contribution is 2.31. The smallest absolute Gasteiger partial charge is 0.0366 e. The molecule has 0 radical (unpaired) electrons. The summed E-state index contributed by atoms with van der Waals surface area (Å²) in [5, 5.41) is 3.69. The van der Waals surface area contributed by atoms with Gasteiger partial charge in [0, 0.05) is 12.1 Å². The summed E-state index contributed by atoms with van der Waals surface area (Å²) in [5.41, 5.74) is 4.31. The Morgan fingerprint density at radius 2 is 1.65 bits per heavy atom. The Balaban J connectivity index is 1.94. The summed E-state index contributed by atoms with van der Waals surface area (Å²) in [6.45, 7) is 2.24. The van der Waals surface area contributed by atoms with Crippen LogP contribution in [-0.2, 0) is 6.42 Å². The van der Waals surface area contributed by atoms with E-state index in [2.05, 4.69) is 66.8 Å². The topological polar surface area (TPSA) is 12.0 Å². The van der Waals surface area contributed by atoms with Gasteiger partial charge < -0.3 is 5.32 Å². The summed E-state index contributed by atoms with van der Waals surface area (Å²) < 4.78 is 0. The van der Waals surface area contributed by atoms with Crippen molar-refractivity contribution < 1.29 is 0 Å². The molecule has 0 spiro atoms. The number of nitrogens with one attached hydrogen (secondary N) is 1. The molecule has 0 saturated heterocycles. The molecule has 2 atom stereocenters. The van der Waals surface area contributed by atoms with Crippen LogP contribution in [0.1, 0.15) is 35.7 Å². The third-order valence-corrected chi connectivity index (χ3v) is 3.60. The van der Waals surface area contributed by atoms with Crippen LogP contribution in [0.4, 0.5) is 0 Å². The van der Waals surface area contributed by atoms with Gasteiger partial charge >= 0.3 is 0 Å². The van der Waals surface area contributed by atoms with Crippen LogP contribution in [0.2, 0.25) is 0 Å². The molecule has 0 fully saturated rings. The average molecular weight is 223 g/mol. The number of hydrogen-bond donors (Lipinski definition) is 1. The van der Waals surface area contributed by atoms with Gasteiger partial charge in [-0.3, -0.25) is 0 Å². The minimum absolute atomic E-state index is 0.435. The van der Waals surface area contributed by atoms with E-state index in [1.165, 1.54) is 16.7 Å². The van der Waals surface area contributed by atoms with E-state index in [0.29, 0.717) is 12.1 Å². The van der Waals surface area contributed by atoms with Crippen molar-refractivity contribution in [2.75, 3.05) is 0 Å². The van der Waals surface area contributed by atoms with Crippen LogP contribution >= 0.6 is 0 Å². The second kappa shape index (κ2) is 4.34. The van der Waals surface area contributed by atoms with Crippen LogP contribution in [0.25, 0.3) is 0 Å². The molecular weight excluding hydrogens is 206 g/mol. The Labute approximate surface area is 102 Å². The van der Waals surface area contributed by atoms with E-state index >= 15 is 0 Å². The van der Waals surface area contributed by atoms with Crippen molar-refractivity contribution in [2.45, 2.75) is 25.4 Å². The van der Waals surface area contributed by atoms with Gasteiger partial charge in [-0.05, 0) is 30.0 Å². The molecule has 17 heavy (non-hydrogen) atoms. The lowest BCUT2D eigenvalue weighted by Gasteiger charge is -2.31. The standard InChI is InChI=1S/C16H17N/c1-12-15-10-6-5-9-14(15)11-16(17-12)13-7-3-2-4-8-13/h2-10,12,16-17H,11H2,1H3/t12-,16+/m1/s1. The first-order valence-electron chi connectivity index (χ1n) is 6.23. The number of benzene rings is 2. The summed E-state index contributed by atoms with van der Waals surface area (Å²) in [6.07, 6.45) is 1.09. The van der Waals surface area contributed by atoms with Gasteiger partial charge in [0.15, 0.2) is 0 Å². The average Bonchev–Trinajstić information content (AvgIpc) is 2.40. The first-order valence-corrected chi connectivity index (χ1v) is 6.23. The number of fused-ring (bicyclic) bond motifs is 1.